The predicted octanol–water partition coefficient (Wildman–Crippen LogP) is 3.48. The molecule has 4 rings (SSSR count). The first-order valence-electron chi connectivity index (χ1n) is 9.75. The third-order valence-electron chi connectivity index (χ3n) is 5.26. The van der Waals surface area contributed by atoms with Gasteiger partial charge in [0.05, 0.1) is 22.8 Å². The Hall–Kier alpha value is -3.16. The number of hydrogen-bond donors (Lipinski definition) is 2. The molecule has 2 N–H and O–H groups in total. The molecule has 3 aromatic heterocycles. The monoisotopic (exact) mass is 396 g/mol. The van der Waals surface area contributed by atoms with Gasteiger partial charge in [-0.2, -0.15) is 5.10 Å². The second kappa shape index (κ2) is 7.02. The molecule has 0 aliphatic heterocycles. The molecule has 1 fully saturated rings. The highest BCUT2D eigenvalue weighted by Gasteiger charge is 2.37. The predicted molar refractivity (Wildman–Crippen MR) is 107 cm³/mol. The summed E-state index contributed by atoms with van der Waals surface area (Å²) in [5.74, 6) is 0.00948. The van der Waals surface area contributed by atoms with Gasteiger partial charge in [0.1, 0.15) is 17.6 Å². The maximum Gasteiger partial charge on any atom is 0.326 e. The summed E-state index contributed by atoms with van der Waals surface area (Å²) in [6, 6.07) is 2.74. The van der Waals surface area contributed by atoms with Gasteiger partial charge in [-0.25, -0.2) is 14.5 Å². The molecule has 0 bridgehead atoms. The molecule has 8 nitrogen and oxygen atoms in total. The fraction of sp³-hybridized carbons (Fsp3) is 0.429. The minimum absolute atomic E-state index is 0.00889. The van der Waals surface area contributed by atoms with Crippen molar-refractivity contribution in [1.29, 1.82) is 0 Å². The number of furan rings is 1. The third-order valence-corrected chi connectivity index (χ3v) is 5.26. The van der Waals surface area contributed by atoms with E-state index in [2.05, 4.69) is 10.4 Å². The summed E-state index contributed by atoms with van der Waals surface area (Å²) >= 11 is 0. The maximum absolute atomic E-state index is 13.1. The molecular weight excluding hydrogens is 372 g/mol. The molecule has 1 aliphatic carbocycles. The summed E-state index contributed by atoms with van der Waals surface area (Å²) in [7, 11) is 0. The number of carbonyl (C=O) groups is 2. The Morgan fingerprint density at radius 3 is 2.55 bits per heavy atom. The van der Waals surface area contributed by atoms with E-state index in [4.69, 9.17) is 9.40 Å². The summed E-state index contributed by atoms with van der Waals surface area (Å²) < 4.78 is 7.39. The number of nitrogens with one attached hydrogen (secondary N) is 1. The van der Waals surface area contributed by atoms with E-state index in [0.29, 0.717) is 28.1 Å². The van der Waals surface area contributed by atoms with E-state index in [-0.39, 0.29) is 12.0 Å². The van der Waals surface area contributed by atoms with E-state index in [1.807, 2.05) is 33.8 Å². The Kier molecular flexibility index (Phi) is 4.64. The van der Waals surface area contributed by atoms with Crippen LogP contribution in [-0.4, -0.2) is 37.8 Å². The molecule has 3 heterocycles. The summed E-state index contributed by atoms with van der Waals surface area (Å²) in [6.07, 6.45) is 3.24. The van der Waals surface area contributed by atoms with Crippen LogP contribution in [0.4, 0.5) is 0 Å². The molecule has 3 aromatic rings. The van der Waals surface area contributed by atoms with Crippen molar-refractivity contribution in [2.24, 2.45) is 5.92 Å². The molecule has 0 saturated heterocycles. The lowest BCUT2D eigenvalue weighted by Crippen LogP contribution is -2.42. The zero-order valence-corrected chi connectivity index (χ0v) is 16.9. The van der Waals surface area contributed by atoms with Crippen molar-refractivity contribution in [2.75, 3.05) is 0 Å². The van der Waals surface area contributed by atoms with Gasteiger partial charge in [-0.3, -0.25) is 4.79 Å². The van der Waals surface area contributed by atoms with Gasteiger partial charge in [0.25, 0.3) is 5.91 Å². The summed E-state index contributed by atoms with van der Waals surface area (Å²) in [5, 5.41) is 17.2. The van der Waals surface area contributed by atoms with Gasteiger partial charge in [-0.15, -0.1) is 0 Å². The van der Waals surface area contributed by atoms with Crippen LogP contribution in [0.25, 0.3) is 22.3 Å². The molecule has 1 atom stereocenters. The number of pyridine rings is 1. The maximum atomic E-state index is 13.1. The second-order valence-corrected chi connectivity index (χ2v) is 7.93. The van der Waals surface area contributed by atoms with Gasteiger partial charge in [0, 0.05) is 11.6 Å². The molecule has 0 spiro atoms. The standard InChI is InChI=1S/C21H24N4O4/c1-10(2)25-19-16(9-22-25)15(20(26)24-18(21(27)28)13-5-6-13)8-17(23-19)14-7-11(3)29-12(14)4/h7-10,13,18H,5-6H2,1-4H3,(H,24,26)(H,27,28). The van der Waals surface area contributed by atoms with E-state index in [9.17, 15) is 14.7 Å². The fourth-order valence-electron chi connectivity index (χ4n) is 3.64. The van der Waals surface area contributed by atoms with E-state index >= 15 is 0 Å². The molecule has 0 aromatic carbocycles. The molecule has 152 valence electrons. The minimum Gasteiger partial charge on any atom is -0.480 e. The zero-order chi connectivity index (χ0) is 20.9. The fourth-order valence-corrected chi connectivity index (χ4v) is 3.64. The first-order valence-corrected chi connectivity index (χ1v) is 9.75. The average Bonchev–Trinajstić information content (AvgIpc) is 3.30. The van der Waals surface area contributed by atoms with E-state index in [0.717, 1.165) is 24.2 Å². The Morgan fingerprint density at radius 1 is 1.28 bits per heavy atom. The van der Waals surface area contributed by atoms with Crippen LogP contribution in [-0.2, 0) is 4.79 Å². The number of carboxylic acid groups (broad SMARTS) is 1. The highest BCUT2D eigenvalue weighted by molar-refractivity contribution is 6.07. The lowest BCUT2D eigenvalue weighted by atomic mass is 10.1. The van der Waals surface area contributed by atoms with Crippen molar-refractivity contribution in [3.63, 3.8) is 0 Å². The van der Waals surface area contributed by atoms with Crippen LogP contribution in [0.1, 0.15) is 54.6 Å². The zero-order valence-electron chi connectivity index (χ0n) is 16.9. The quantitative estimate of drug-likeness (QED) is 0.660. The van der Waals surface area contributed by atoms with Gasteiger partial charge >= 0.3 is 5.97 Å². The van der Waals surface area contributed by atoms with Crippen LogP contribution in [0.3, 0.4) is 0 Å². The van der Waals surface area contributed by atoms with Crippen molar-refractivity contribution in [1.82, 2.24) is 20.1 Å². The van der Waals surface area contributed by atoms with Crippen LogP contribution in [0.2, 0.25) is 0 Å². The SMILES string of the molecule is Cc1cc(-c2cc(C(=O)NC(C(=O)O)C3CC3)c3cnn(C(C)C)c3n2)c(C)o1. The highest BCUT2D eigenvalue weighted by Crippen LogP contribution is 2.34. The van der Waals surface area contributed by atoms with Gasteiger partial charge in [-0.05, 0) is 58.6 Å². The number of aliphatic carboxylic acids is 1. The van der Waals surface area contributed by atoms with Gasteiger partial charge < -0.3 is 14.8 Å². The number of carbonyl (C=O) groups excluding carboxylic acids is 1. The number of aryl methyl sites for hydroxylation is 2. The summed E-state index contributed by atoms with van der Waals surface area (Å²) in [5.41, 5.74) is 2.34. The number of aromatic nitrogens is 3. The van der Waals surface area contributed by atoms with Crippen molar-refractivity contribution in [3.05, 3.63) is 35.4 Å². The topological polar surface area (TPSA) is 110 Å². The Labute approximate surface area is 167 Å². The van der Waals surface area contributed by atoms with E-state index in [1.54, 1.807) is 16.9 Å². The lowest BCUT2D eigenvalue weighted by molar-refractivity contribution is -0.139. The third kappa shape index (κ3) is 3.50. The number of rotatable bonds is 6. The van der Waals surface area contributed by atoms with E-state index in [1.165, 1.54) is 0 Å². The summed E-state index contributed by atoms with van der Waals surface area (Å²) in [6.45, 7) is 7.68. The molecule has 1 unspecified atom stereocenters. The largest absolute Gasteiger partial charge is 0.480 e. The Bertz CT molecular complexity index is 1110. The average molecular weight is 396 g/mol. The summed E-state index contributed by atoms with van der Waals surface area (Å²) in [4.78, 5) is 29.4. The molecular formula is C21H24N4O4. The van der Waals surface area contributed by atoms with E-state index < -0.39 is 17.9 Å². The Morgan fingerprint density at radius 2 is 2.00 bits per heavy atom. The van der Waals surface area contributed by atoms with Crippen LogP contribution in [0.15, 0.2) is 22.7 Å². The van der Waals surface area contributed by atoms with Crippen molar-refractivity contribution in [2.45, 2.75) is 52.6 Å². The van der Waals surface area contributed by atoms with Crippen molar-refractivity contribution in [3.8, 4) is 11.3 Å². The number of nitrogens with zero attached hydrogens (tertiary/aromatic N) is 3. The molecule has 1 amide bonds. The van der Waals surface area contributed by atoms with Gasteiger partial charge in [0.2, 0.25) is 0 Å². The van der Waals surface area contributed by atoms with Gasteiger partial charge in [0.15, 0.2) is 5.65 Å². The van der Waals surface area contributed by atoms with Crippen molar-refractivity contribution < 1.29 is 19.1 Å². The number of hydrogen-bond acceptors (Lipinski definition) is 5. The minimum atomic E-state index is -1.01. The highest BCUT2D eigenvalue weighted by atomic mass is 16.4. The van der Waals surface area contributed by atoms with Gasteiger partial charge in [-0.1, -0.05) is 0 Å². The first kappa shape index (κ1) is 19.2. The second-order valence-electron chi connectivity index (χ2n) is 7.93. The normalized spacial score (nSPS) is 15.1. The Balaban J connectivity index is 1.84. The molecule has 8 heteroatoms. The van der Waals surface area contributed by atoms with Crippen molar-refractivity contribution >= 4 is 22.9 Å². The number of fused-ring (bicyclic) bond motifs is 1. The molecule has 1 saturated carbocycles. The lowest BCUT2D eigenvalue weighted by Gasteiger charge is -2.15. The first-order chi connectivity index (χ1) is 13.8. The molecule has 1 aliphatic rings. The smallest absolute Gasteiger partial charge is 0.326 e. The van der Waals surface area contributed by atoms with Crippen LogP contribution < -0.4 is 5.32 Å². The number of amides is 1. The molecule has 0 radical (unpaired) electrons. The van der Waals surface area contributed by atoms with Crippen LogP contribution in [0, 0.1) is 19.8 Å². The molecule has 29 heavy (non-hydrogen) atoms. The van der Waals surface area contributed by atoms with Crippen LogP contribution >= 0.6 is 0 Å². The number of carboxylic acids is 1. The van der Waals surface area contributed by atoms with Crippen LogP contribution in [0.5, 0.6) is 0 Å².